The van der Waals surface area contributed by atoms with Crippen LogP contribution in [0.1, 0.15) is 5.56 Å². The van der Waals surface area contributed by atoms with E-state index < -0.39 is 0 Å². The van der Waals surface area contributed by atoms with Gasteiger partial charge in [-0.05, 0) is 35.9 Å². The Labute approximate surface area is 148 Å². The molecular weight excluding hydrogens is 348 g/mol. The van der Waals surface area contributed by atoms with E-state index in [4.69, 9.17) is 22.1 Å². The first-order valence-corrected chi connectivity index (χ1v) is 9.12. The van der Waals surface area contributed by atoms with Gasteiger partial charge in [0, 0.05) is 16.3 Å². The lowest BCUT2D eigenvalue weighted by Crippen LogP contribution is -1.87. The first-order valence-electron chi connectivity index (χ1n) is 6.94. The predicted octanol–water partition coefficient (Wildman–Crippen LogP) is 5.35. The fourth-order valence-electron chi connectivity index (χ4n) is 2.08. The molecule has 1 heterocycles. The maximum absolute atomic E-state index is 6.18. The van der Waals surface area contributed by atoms with Crippen molar-refractivity contribution in [2.45, 2.75) is 10.1 Å². The number of nitrogens with two attached hydrogens (primary N) is 1. The highest BCUT2D eigenvalue weighted by molar-refractivity contribution is 8.00. The van der Waals surface area contributed by atoms with Crippen LogP contribution in [0.5, 0.6) is 5.75 Å². The van der Waals surface area contributed by atoms with Crippen LogP contribution in [0, 0.1) is 0 Å². The Balaban J connectivity index is 1.76. The number of nitrogens with zero attached hydrogens (tertiary/aromatic N) is 1. The molecule has 0 bridgehead atoms. The highest BCUT2D eigenvalue weighted by Crippen LogP contribution is 2.37. The molecule has 2 N–H and O–H groups in total. The van der Waals surface area contributed by atoms with Gasteiger partial charge in [0.15, 0.2) is 4.34 Å². The molecule has 0 spiro atoms. The van der Waals surface area contributed by atoms with Crippen LogP contribution < -0.4 is 10.5 Å². The van der Waals surface area contributed by atoms with Gasteiger partial charge in [0.2, 0.25) is 0 Å². The topological polar surface area (TPSA) is 48.1 Å². The minimum atomic E-state index is 0.719. The summed E-state index contributed by atoms with van der Waals surface area (Å²) in [6, 6.07) is 15.6. The molecule has 0 saturated carbocycles. The van der Waals surface area contributed by atoms with Crippen molar-refractivity contribution in [3.63, 3.8) is 0 Å². The van der Waals surface area contributed by atoms with E-state index in [1.54, 1.807) is 18.9 Å². The summed E-state index contributed by atoms with van der Waals surface area (Å²) in [4.78, 5) is 4.65. The molecular formula is C17H15ClN2OS2. The SMILES string of the molecule is COc1ccc(-c2nc(SCc3ccccc3Cl)sc2N)cc1. The molecule has 1 aromatic heterocycles. The third kappa shape index (κ3) is 3.80. The second kappa shape index (κ2) is 7.25. The second-order valence-electron chi connectivity index (χ2n) is 4.80. The van der Waals surface area contributed by atoms with Gasteiger partial charge in [0.05, 0.1) is 7.11 Å². The Morgan fingerprint density at radius 3 is 2.61 bits per heavy atom. The molecule has 0 amide bonds. The monoisotopic (exact) mass is 362 g/mol. The number of methoxy groups -OCH3 is 1. The van der Waals surface area contributed by atoms with Gasteiger partial charge in [-0.25, -0.2) is 4.98 Å². The number of hydrogen-bond donors (Lipinski definition) is 1. The summed E-state index contributed by atoms with van der Waals surface area (Å²) in [5.74, 6) is 1.59. The highest BCUT2D eigenvalue weighted by atomic mass is 35.5. The summed E-state index contributed by atoms with van der Waals surface area (Å²) in [5, 5.41) is 1.50. The summed E-state index contributed by atoms with van der Waals surface area (Å²) >= 11 is 9.33. The molecule has 0 unspecified atom stereocenters. The van der Waals surface area contributed by atoms with Crippen molar-refractivity contribution >= 4 is 39.7 Å². The standard InChI is InChI=1S/C17H15ClN2OS2/c1-21-13-8-6-11(7-9-13)15-16(19)23-17(20-15)22-10-12-4-2-3-5-14(12)18/h2-9H,10,19H2,1H3. The van der Waals surface area contributed by atoms with Gasteiger partial charge in [-0.15, -0.1) is 0 Å². The predicted molar refractivity (Wildman–Crippen MR) is 99.5 cm³/mol. The smallest absolute Gasteiger partial charge is 0.152 e. The molecule has 118 valence electrons. The van der Waals surface area contributed by atoms with Crippen LogP contribution >= 0.6 is 34.7 Å². The maximum Gasteiger partial charge on any atom is 0.152 e. The van der Waals surface area contributed by atoms with Crippen LogP contribution in [0.15, 0.2) is 52.9 Å². The molecule has 2 aromatic carbocycles. The molecule has 3 nitrogen and oxygen atoms in total. The Kier molecular flexibility index (Phi) is 5.10. The van der Waals surface area contributed by atoms with Gasteiger partial charge >= 0.3 is 0 Å². The number of thiazole rings is 1. The first-order chi connectivity index (χ1) is 11.2. The largest absolute Gasteiger partial charge is 0.497 e. The van der Waals surface area contributed by atoms with Gasteiger partial charge in [-0.3, -0.25) is 0 Å². The molecule has 0 radical (unpaired) electrons. The Bertz CT molecular complexity index is 803. The van der Waals surface area contributed by atoms with Gasteiger partial charge < -0.3 is 10.5 Å². The van der Waals surface area contributed by atoms with Gasteiger partial charge in [-0.1, -0.05) is 52.9 Å². The zero-order valence-corrected chi connectivity index (χ0v) is 14.8. The molecule has 0 saturated heterocycles. The average molecular weight is 363 g/mol. The lowest BCUT2D eigenvalue weighted by molar-refractivity contribution is 0.415. The number of aromatic nitrogens is 1. The molecule has 0 fully saturated rings. The molecule has 23 heavy (non-hydrogen) atoms. The van der Waals surface area contributed by atoms with E-state index in [0.29, 0.717) is 0 Å². The Morgan fingerprint density at radius 2 is 1.91 bits per heavy atom. The van der Waals surface area contributed by atoms with E-state index in [1.165, 1.54) is 11.3 Å². The summed E-state index contributed by atoms with van der Waals surface area (Å²) in [6.45, 7) is 0. The molecule has 6 heteroatoms. The lowest BCUT2D eigenvalue weighted by Gasteiger charge is -2.02. The zero-order chi connectivity index (χ0) is 16.2. The van der Waals surface area contributed by atoms with Crippen molar-refractivity contribution in [3.8, 4) is 17.0 Å². The molecule has 3 rings (SSSR count). The summed E-state index contributed by atoms with van der Waals surface area (Å²) in [5.41, 5.74) is 9.03. The summed E-state index contributed by atoms with van der Waals surface area (Å²) in [7, 11) is 1.65. The molecule has 0 aliphatic heterocycles. The third-order valence-corrected chi connectivity index (χ3v) is 5.75. The fourth-order valence-corrected chi connectivity index (χ4v) is 4.32. The molecule has 0 aliphatic rings. The van der Waals surface area contributed by atoms with Crippen molar-refractivity contribution in [1.82, 2.24) is 4.98 Å². The number of halogens is 1. The van der Waals surface area contributed by atoms with Crippen LogP contribution in [0.4, 0.5) is 5.00 Å². The number of anilines is 1. The number of ether oxygens (including phenoxy) is 1. The van der Waals surface area contributed by atoms with Gasteiger partial charge in [0.25, 0.3) is 0 Å². The van der Waals surface area contributed by atoms with Crippen molar-refractivity contribution in [2.24, 2.45) is 0 Å². The minimum Gasteiger partial charge on any atom is -0.497 e. The van der Waals surface area contributed by atoms with Gasteiger partial charge in [-0.2, -0.15) is 0 Å². The molecule has 0 aliphatic carbocycles. The second-order valence-corrected chi connectivity index (χ2v) is 7.46. The highest BCUT2D eigenvalue weighted by Gasteiger charge is 2.12. The van der Waals surface area contributed by atoms with E-state index >= 15 is 0 Å². The van der Waals surface area contributed by atoms with Gasteiger partial charge in [0.1, 0.15) is 16.4 Å². The zero-order valence-electron chi connectivity index (χ0n) is 12.5. The normalized spacial score (nSPS) is 10.7. The fraction of sp³-hybridized carbons (Fsp3) is 0.118. The molecule has 0 atom stereocenters. The number of nitrogen functional groups attached to an aromatic ring is 1. The maximum atomic E-state index is 6.18. The summed E-state index contributed by atoms with van der Waals surface area (Å²) in [6.07, 6.45) is 0. The van der Waals surface area contributed by atoms with E-state index in [1.807, 2.05) is 48.5 Å². The number of hydrogen-bond acceptors (Lipinski definition) is 5. The van der Waals surface area contributed by atoms with Crippen molar-refractivity contribution in [3.05, 3.63) is 59.1 Å². The third-order valence-electron chi connectivity index (χ3n) is 3.31. The van der Waals surface area contributed by atoms with E-state index in [-0.39, 0.29) is 0 Å². The Hall–Kier alpha value is -1.69. The van der Waals surface area contributed by atoms with Crippen LogP contribution in [-0.2, 0) is 5.75 Å². The lowest BCUT2D eigenvalue weighted by atomic mass is 10.1. The van der Waals surface area contributed by atoms with Crippen molar-refractivity contribution < 1.29 is 4.74 Å². The number of benzene rings is 2. The van der Waals surface area contributed by atoms with Crippen LogP contribution in [0.25, 0.3) is 11.3 Å². The number of rotatable bonds is 5. The quantitative estimate of drug-likeness (QED) is 0.622. The average Bonchev–Trinajstić information content (AvgIpc) is 2.95. The number of thioether (sulfide) groups is 1. The Morgan fingerprint density at radius 1 is 1.17 bits per heavy atom. The summed E-state index contributed by atoms with van der Waals surface area (Å²) < 4.78 is 6.11. The van der Waals surface area contributed by atoms with Crippen molar-refractivity contribution in [1.29, 1.82) is 0 Å². The first kappa shape index (κ1) is 16.2. The van der Waals surface area contributed by atoms with Crippen molar-refractivity contribution in [2.75, 3.05) is 12.8 Å². The van der Waals surface area contributed by atoms with E-state index in [9.17, 15) is 0 Å². The molecule has 3 aromatic rings. The minimum absolute atomic E-state index is 0.719. The van der Waals surface area contributed by atoms with E-state index in [2.05, 4.69) is 4.98 Å². The van der Waals surface area contributed by atoms with E-state index in [0.717, 1.165) is 42.7 Å². The van der Waals surface area contributed by atoms with Crippen LogP contribution in [0.3, 0.4) is 0 Å². The van der Waals surface area contributed by atoms with Crippen LogP contribution in [0.2, 0.25) is 5.02 Å². The van der Waals surface area contributed by atoms with Crippen LogP contribution in [-0.4, -0.2) is 12.1 Å².